The maximum Gasteiger partial charge on any atom is 0.307 e. The zero-order valence-electron chi connectivity index (χ0n) is 12.7. The summed E-state index contributed by atoms with van der Waals surface area (Å²) in [5, 5.41) is 0.707. The number of hydrogen-bond donors (Lipinski definition) is 0. The molecule has 0 amide bonds. The van der Waals surface area contributed by atoms with Crippen LogP contribution in [0.5, 0.6) is 0 Å². The molecule has 0 unspecified atom stereocenters. The summed E-state index contributed by atoms with van der Waals surface area (Å²) in [5.74, 6) is -0.202. The first-order valence-electron chi connectivity index (χ1n) is 7.61. The van der Waals surface area contributed by atoms with Crippen molar-refractivity contribution in [2.75, 3.05) is 20.2 Å². The molecule has 4 heteroatoms. The van der Waals surface area contributed by atoms with Crippen molar-refractivity contribution >= 4 is 17.6 Å². The van der Waals surface area contributed by atoms with Crippen LogP contribution >= 0.6 is 11.6 Å². The zero-order valence-corrected chi connectivity index (χ0v) is 13.5. The van der Waals surface area contributed by atoms with Gasteiger partial charge >= 0.3 is 5.97 Å². The molecule has 1 aromatic rings. The summed E-state index contributed by atoms with van der Waals surface area (Å²) in [7, 11) is 1.43. The molecule has 0 spiro atoms. The summed E-state index contributed by atoms with van der Waals surface area (Å²) in [4.78, 5) is 14.2. The van der Waals surface area contributed by atoms with Crippen molar-refractivity contribution in [1.82, 2.24) is 4.90 Å². The van der Waals surface area contributed by atoms with Crippen LogP contribution in [0.4, 0.5) is 0 Å². The van der Waals surface area contributed by atoms with Crippen LogP contribution < -0.4 is 0 Å². The van der Waals surface area contributed by atoms with Crippen molar-refractivity contribution in [2.45, 2.75) is 25.3 Å². The highest BCUT2D eigenvalue weighted by Gasteiger charge is 2.29. The fraction of sp³-hybridized carbons (Fsp3) is 0.389. The van der Waals surface area contributed by atoms with Gasteiger partial charge < -0.3 is 4.74 Å². The highest BCUT2D eigenvalue weighted by Crippen LogP contribution is 2.36. The van der Waals surface area contributed by atoms with Gasteiger partial charge in [0.2, 0.25) is 0 Å². The first kappa shape index (κ1) is 15.3. The first-order valence-corrected chi connectivity index (χ1v) is 7.99. The summed E-state index contributed by atoms with van der Waals surface area (Å²) in [6, 6.07) is 7.73. The van der Waals surface area contributed by atoms with Gasteiger partial charge in [0, 0.05) is 24.2 Å². The van der Waals surface area contributed by atoms with Crippen molar-refractivity contribution in [2.24, 2.45) is 0 Å². The Bertz CT molecular complexity index is 636. The third-order valence-corrected chi connectivity index (χ3v) is 4.85. The number of halogens is 1. The van der Waals surface area contributed by atoms with E-state index in [-0.39, 0.29) is 12.0 Å². The van der Waals surface area contributed by atoms with Crippen LogP contribution in [0.3, 0.4) is 0 Å². The summed E-state index contributed by atoms with van der Waals surface area (Å²) < 4.78 is 4.88. The molecule has 116 valence electrons. The number of benzene rings is 1. The zero-order chi connectivity index (χ0) is 15.5. The minimum Gasteiger partial charge on any atom is -0.469 e. The van der Waals surface area contributed by atoms with Gasteiger partial charge in [-0.25, -0.2) is 0 Å². The van der Waals surface area contributed by atoms with Crippen molar-refractivity contribution in [3.63, 3.8) is 0 Å². The largest absolute Gasteiger partial charge is 0.469 e. The van der Waals surface area contributed by atoms with Crippen LogP contribution in [0, 0.1) is 0 Å². The lowest BCUT2D eigenvalue weighted by molar-refractivity contribution is -0.142. The summed E-state index contributed by atoms with van der Waals surface area (Å²) >= 11 is 6.37. The first-order chi connectivity index (χ1) is 10.7. The molecular weight excluding hydrogens is 298 g/mol. The SMILES string of the molecule is COC(=O)C[C@H](c1ccccc1Cl)N1CCC2=C(C=CC2)C1. The number of hydrogen-bond acceptors (Lipinski definition) is 3. The quantitative estimate of drug-likeness (QED) is 0.789. The van der Waals surface area contributed by atoms with Gasteiger partial charge in [-0.2, -0.15) is 0 Å². The van der Waals surface area contributed by atoms with E-state index < -0.39 is 0 Å². The van der Waals surface area contributed by atoms with E-state index in [2.05, 4.69) is 17.1 Å². The molecule has 0 saturated carbocycles. The van der Waals surface area contributed by atoms with Crippen LogP contribution in [0.15, 0.2) is 47.6 Å². The van der Waals surface area contributed by atoms with Crippen molar-refractivity contribution in [3.8, 4) is 0 Å². The number of carbonyl (C=O) groups excluding carboxylic acids is 1. The normalized spacial score (nSPS) is 19.2. The molecule has 1 heterocycles. The van der Waals surface area contributed by atoms with E-state index in [9.17, 15) is 4.79 Å². The molecule has 2 aliphatic rings. The fourth-order valence-electron chi connectivity index (χ4n) is 3.28. The van der Waals surface area contributed by atoms with Gasteiger partial charge in [0.1, 0.15) is 0 Å². The smallest absolute Gasteiger partial charge is 0.307 e. The van der Waals surface area contributed by atoms with Crippen LogP contribution in [-0.2, 0) is 9.53 Å². The molecule has 0 radical (unpaired) electrons. The maximum absolute atomic E-state index is 11.9. The van der Waals surface area contributed by atoms with E-state index in [1.807, 2.05) is 24.3 Å². The molecule has 3 nitrogen and oxygen atoms in total. The Morgan fingerprint density at radius 1 is 1.41 bits per heavy atom. The highest BCUT2D eigenvalue weighted by molar-refractivity contribution is 6.31. The van der Waals surface area contributed by atoms with Crippen LogP contribution in [0.25, 0.3) is 0 Å². The number of nitrogens with zero attached hydrogens (tertiary/aromatic N) is 1. The summed E-state index contributed by atoms with van der Waals surface area (Å²) in [6.07, 6.45) is 6.90. The second-order valence-corrected chi connectivity index (χ2v) is 6.18. The average Bonchev–Trinajstić information content (AvgIpc) is 3.00. The topological polar surface area (TPSA) is 29.5 Å². The molecular formula is C18H20ClNO2. The molecule has 1 aliphatic heterocycles. The van der Waals surface area contributed by atoms with E-state index in [0.717, 1.165) is 31.5 Å². The fourth-order valence-corrected chi connectivity index (χ4v) is 3.55. The second-order valence-electron chi connectivity index (χ2n) is 5.77. The van der Waals surface area contributed by atoms with E-state index >= 15 is 0 Å². The van der Waals surface area contributed by atoms with Crippen LogP contribution in [0.1, 0.15) is 30.9 Å². The van der Waals surface area contributed by atoms with Crippen LogP contribution in [-0.4, -0.2) is 31.1 Å². The number of allylic oxidation sites excluding steroid dienone is 1. The molecule has 22 heavy (non-hydrogen) atoms. The predicted octanol–water partition coefficient (Wildman–Crippen LogP) is 3.91. The number of rotatable bonds is 4. The number of esters is 1. The van der Waals surface area contributed by atoms with Crippen molar-refractivity contribution < 1.29 is 9.53 Å². The van der Waals surface area contributed by atoms with E-state index in [4.69, 9.17) is 16.3 Å². The second kappa shape index (κ2) is 6.67. The van der Waals surface area contributed by atoms with Gasteiger partial charge in [-0.3, -0.25) is 9.69 Å². The molecule has 0 fully saturated rings. The molecule has 0 N–H and O–H groups in total. The molecule has 3 rings (SSSR count). The van der Waals surface area contributed by atoms with Gasteiger partial charge in [0.25, 0.3) is 0 Å². The highest BCUT2D eigenvalue weighted by atomic mass is 35.5. The lowest BCUT2D eigenvalue weighted by Crippen LogP contribution is -2.36. The summed E-state index contributed by atoms with van der Waals surface area (Å²) in [5.41, 5.74) is 3.93. The number of methoxy groups -OCH3 is 1. The lowest BCUT2D eigenvalue weighted by Gasteiger charge is -2.35. The minimum absolute atomic E-state index is 0.0378. The Balaban J connectivity index is 1.87. The number of carbonyl (C=O) groups is 1. The van der Waals surface area contributed by atoms with E-state index in [1.54, 1.807) is 0 Å². The maximum atomic E-state index is 11.9. The van der Waals surface area contributed by atoms with E-state index in [0.29, 0.717) is 11.4 Å². The molecule has 1 aliphatic carbocycles. The Labute approximate surface area is 136 Å². The molecule has 1 aromatic carbocycles. The number of ether oxygens (including phenoxy) is 1. The Kier molecular flexibility index (Phi) is 4.65. The predicted molar refractivity (Wildman–Crippen MR) is 87.8 cm³/mol. The molecule has 0 bridgehead atoms. The Morgan fingerprint density at radius 2 is 2.23 bits per heavy atom. The standard InChI is InChI=1S/C18H20ClNO2/c1-22-18(21)11-17(15-7-2-3-8-16(15)19)20-10-9-13-5-4-6-14(13)12-20/h2-4,6-8,17H,5,9-12H2,1H3/t17-/m1/s1. The van der Waals surface area contributed by atoms with Crippen molar-refractivity contribution in [3.05, 3.63) is 58.1 Å². The molecule has 1 atom stereocenters. The molecule has 0 saturated heterocycles. The van der Waals surface area contributed by atoms with Gasteiger partial charge in [0.05, 0.1) is 13.5 Å². The third kappa shape index (κ3) is 3.11. The Hall–Kier alpha value is -1.58. The Morgan fingerprint density at radius 3 is 3.00 bits per heavy atom. The molecule has 0 aromatic heterocycles. The van der Waals surface area contributed by atoms with Crippen molar-refractivity contribution in [1.29, 1.82) is 0 Å². The van der Waals surface area contributed by atoms with Gasteiger partial charge in [-0.05, 0) is 30.0 Å². The van der Waals surface area contributed by atoms with Gasteiger partial charge in [-0.1, -0.05) is 47.5 Å². The monoisotopic (exact) mass is 317 g/mol. The van der Waals surface area contributed by atoms with Gasteiger partial charge in [0.15, 0.2) is 0 Å². The average molecular weight is 318 g/mol. The lowest BCUT2D eigenvalue weighted by atomic mass is 9.96. The van der Waals surface area contributed by atoms with Gasteiger partial charge in [-0.15, -0.1) is 0 Å². The minimum atomic E-state index is -0.202. The van der Waals surface area contributed by atoms with E-state index in [1.165, 1.54) is 18.3 Å². The summed E-state index contributed by atoms with van der Waals surface area (Å²) in [6.45, 7) is 1.83. The third-order valence-electron chi connectivity index (χ3n) is 4.50. The van der Waals surface area contributed by atoms with Crippen LogP contribution in [0.2, 0.25) is 5.02 Å².